The summed E-state index contributed by atoms with van der Waals surface area (Å²) < 4.78 is 61.0. The first kappa shape index (κ1) is 27.4. The average Bonchev–Trinajstić information content (AvgIpc) is 2.79. The van der Waals surface area contributed by atoms with Crippen molar-refractivity contribution >= 4 is 31.6 Å². The number of hydrogen-bond acceptors (Lipinski definition) is 7. The van der Waals surface area contributed by atoms with Crippen LogP contribution in [0.4, 0.5) is 5.69 Å². The van der Waals surface area contributed by atoms with E-state index in [1.165, 1.54) is 33.3 Å². The molecule has 188 valence electrons. The molecule has 0 aliphatic heterocycles. The highest BCUT2D eigenvalue weighted by molar-refractivity contribution is 7.92. The Bertz CT molecular complexity index is 1160. The Balaban J connectivity index is 1.84. The lowest BCUT2D eigenvalue weighted by molar-refractivity contribution is -0.128. The molecule has 12 heteroatoms. The predicted molar refractivity (Wildman–Crippen MR) is 130 cm³/mol. The van der Waals surface area contributed by atoms with Crippen molar-refractivity contribution in [3.63, 3.8) is 0 Å². The van der Waals surface area contributed by atoms with Crippen LogP contribution >= 0.6 is 0 Å². The highest BCUT2D eigenvalue weighted by atomic mass is 32.2. The Labute approximate surface area is 201 Å². The molecule has 2 aromatic rings. The first-order valence-electron chi connectivity index (χ1n) is 10.5. The number of carbonyl (C=O) groups excluding carboxylic acids is 1. The van der Waals surface area contributed by atoms with Crippen molar-refractivity contribution in [1.82, 2.24) is 9.62 Å². The fraction of sp³-hybridized carbons (Fsp3) is 0.409. The van der Waals surface area contributed by atoms with Gasteiger partial charge in [0.05, 0.1) is 23.4 Å². The molecule has 0 heterocycles. The van der Waals surface area contributed by atoms with Crippen LogP contribution in [0.3, 0.4) is 0 Å². The van der Waals surface area contributed by atoms with E-state index >= 15 is 0 Å². The fourth-order valence-electron chi connectivity index (χ4n) is 2.79. The fourth-order valence-corrected chi connectivity index (χ4v) is 4.19. The number of carbonyl (C=O) groups is 1. The summed E-state index contributed by atoms with van der Waals surface area (Å²) in [5, 5.41) is 2.75. The van der Waals surface area contributed by atoms with Gasteiger partial charge in [-0.25, -0.2) is 21.1 Å². The zero-order chi connectivity index (χ0) is 25.5. The number of nitrogens with zero attached hydrogens (tertiary/aromatic N) is 2. The van der Waals surface area contributed by atoms with Crippen LogP contribution in [0.2, 0.25) is 0 Å². The molecule has 2 rings (SSSR count). The third kappa shape index (κ3) is 7.34. The van der Waals surface area contributed by atoms with Gasteiger partial charge in [-0.15, -0.1) is 0 Å². The van der Waals surface area contributed by atoms with Gasteiger partial charge in [0.1, 0.15) is 18.1 Å². The monoisotopic (exact) mass is 513 g/mol. The molecule has 1 amide bonds. The molecule has 1 N–H and O–H groups in total. The van der Waals surface area contributed by atoms with E-state index in [1.807, 2.05) is 6.92 Å². The van der Waals surface area contributed by atoms with Gasteiger partial charge < -0.3 is 14.8 Å². The zero-order valence-electron chi connectivity index (χ0n) is 19.9. The van der Waals surface area contributed by atoms with E-state index < -0.39 is 26.2 Å². The maximum Gasteiger partial charge on any atom is 0.261 e. The summed E-state index contributed by atoms with van der Waals surface area (Å²) in [7, 11) is -2.50. The third-order valence-electron chi connectivity index (χ3n) is 4.91. The largest absolute Gasteiger partial charge is 0.492 e. The molecule has 0 saturated heterocycles. The van der Waals surface area contributed by atoms with Crippen LogP contribution in [-0.2, 0) is 24.8 Å². The van der Waals surface area contributed by atoms with Crippen LogP contribution in [-0.4, -0.2) is 73.7 Å². The summed E-state index contributed by atoms with van der Waals surface area (Å²) in [6, 6.07) is 12.5. The highest BCUT2D eigenvalue weighted by Gasteiger charge is 2.19. The second kappa shape index (κ2) is 11.5. The van der Waals surface area contributed by atoms with Crippen LogP contribution in [0.5, 0.6) is 11.5 Å². The van der Waals surface area contributed by atoms with E-state index in [-0.39, 0.29) is 24.0 Å². The van der Waals surface area contributed by atoms with Gasteiger partial charge in [-0.1, -0.05) is 6.92 Å². The minimum Gasteiger partial charge on any atom is -0.492 e. The van der Waals surface area contributed by atoms with Crippen molar-refractivity contribution in [1.29, 1.82) is 0 Å². The Morgan fingerprint density at radius 1 is 0.941 bits per heavy atom. The topological polar surface area (TPSA) is 122 Å². The van der Waals surface area contributed by atoms with Crippen LogP contribution in [0.1, 0.15) is 13.3 Å². The number of anilines is 1. The molecule has 2 aromatic carbocycles. The van der Waals surface area contributed by atoms with Crippen molar-refractivity contribution < 1.29 is 31.1 Å². The highest BCUT2D eigenvalue weighted by Crippen LogP contribution is 2.22. The number of amides is 1. The summed E-state index contributed by atoms with van der Waals surface area (Å²) >= 11 is 0. The second-order valence-electron chi connectivity index (χ2n) is 7.64. The van der Waals surface area contributed by atoms with E-state index in [9.17, 15) is 21.6 Å². The lowest BCUT2D eigenvalue weighted by Gasteiger charge is -2.19. The number of rotatable bonds is 12. The van der Waals surface area contributed by atoms with Gasteiger partial charge in [0.25, 0.3) is 5.91 Å². The average molecular weight is 514 g/mol. The summed E-state index contributed by atoms with van der Waals surface area (Å²) in [5.74, 6) is 0.613. The molecule has 0 unspecified atom stereocenters. The maximum absolute atomic E-state index is 12.5. The van der Waals surface area contributed by atoms with Crippen LogP contribution in [0, 0.1) is 0 Å². The lowest BCUT2D eigenvalue weighted by Crippen LogP contribution is -2.39. The summed E-state index contributed by atoms with van der Waals surface area (Å²) in [5.41, 5.74) is 0.483. The molecule has 0 spiro atoms. The summed E-state index contributed by atoms with van der Waals surface area (Å²) in [6.45, 7) is 2.24. The summed E-state index contributed by atoms with van der Waals surface area (Å²) in [4.78, 5) is 12.6. The van der Waals surface area contributed by atoms with Gasteiger partial charge >= 0.3 is 0 Å². The van der Waals surface area contributed by atoms with E-state index in [0.29, 0.717) is 23.6 Å². The van der Waals surface area contributed by atoms with Crippen LogP contribution in [0.15, 0.2) is 53.4 Å². The molecule has 10 nitrogen and oxygen atoms in total. The number of nitrogens with one attached hydrogen (secondary N) is 1. The molecule has 0 aliphatic rings. The van der Waals surface area contributed by atoms with Crippen molar-refractivity contribution in [3.8, 4) is 11.5 Å². The van der Waals surface area contributed by atoms with Gasteiger partial charge in [-0.3, -0.25) is 9.10 Å². The zero-order valence-corrected chi connectivity index (χ0v) is 21.5. The molecule has 0 saturated carbocycles. The smallest absolute Gasteiger partial charge is 0.261 e. The van der Waals surface area contributed by atoms with Crippen molar-refractivity contribution in [3.05, 3.63) is 48.5 Å². The summed E-state index contributed by atoms with van der Waals surface area (Å²) in [6.07, 6.45) is 0.817. The molecule has 0 aliphatic carbocycles. The Morgan fingerprint density at radius 3 is 2.00 bits per heavy atom. The molecule has 0 aromatic heterocycles. The standard InChI is InChI=1S/C22H31N3O7S2/c1-6-21(32-19-9-7-17(8-10-19)25(4)33(5,27)28)22(26)23-15-16-31-18-11-13-20(14-12-18)34(29,30)24(2)3/h7-14,21H,6,15-16H2,1-5H3,(H,23,26)/t21-/m1/s1. The van der Waals surface area contributed by atoms with E-state index in [4.69, 9.17) is 9.47 Å². The predicted octanol–water partition coefficient (Wildman–Crippen LogP) is 1.69. The SMILES string of the molecule is CC[C@@H](Oc1ccc(N(C)S(C)(=O)=O)cc1)C(=O)NCCOc1ccc(S(=O)(=O)N(C)C)cc1. The van der Waals surface area contributed by atoms with E-state index in [1.54, 1.807) is 36.4 Å². The third-order valence-corrected chi connectivity index (χ3v) is 7.95. The van der Waals surface area contributed by atoms with Gasteiger partial charge in [0, 0.05) is 21.1 Å². The minimum absolute atomic E-state index is 0.164. The molecule has 34 heavy (non-hydrogen) atoms. The van der Waals surface area contributed by atoms with E-state index in [0.717, 1.165) is 14.9 Å². The molecule has 0 radical (unpaired) electrons. The van der Waals surface area contributed by atoms with Gasteiger partial charge in [0.2, 0.25) is 20.0 Å². The Hall–Kier alpha value is -2.83. The quantitative estimate of drug-likeness (QED) is 0.429. The second-order valence-corrected chi connectivity index (χ2v) is 11.8. The Morgan fingerprint density at radius 2 is 1.50 bits per heavy atom. The van der Waals surface area contributed by atoms with Crippen LogP contribution < -0.4 is 19.1 Å². The number of ether oxygens (including phenoxy) is 2. The van der Waals surface area contributed by atoms with Crippen LogP contribution in [0.25, 0.3) is 0 Å². The van der Waals surface area contributed by atoms with Gasteiger partial charge in [-0.2, -0.15) is 0 Å². The normalized spacial score (nSPS) is 12.8. The first-order chi connectivity index (χ1) is 15.9. The van der Waals surface area contributed by atoms with Gasteiger partial charge in [0.15, 0.2) is 6.10 Å². The molecular weight excluding hydrogens is 482 g/mol. The lowest BCUT2D eigenvalue weighted by atomic mass is 10.2. The number of sulfonamides is 2. The number of hydrogen-bond donors (Lipinski definition) is 1. The maximum atomic E-state index is 12.5. The molecule has 1 atom stereocenters. The van der Waals surface area contributed by atoms with E-state index in [2.05, 4.69) is 5.32 Å². The molecule has 0 fully saturated rings. The minimum atomic E-state index is -3.50. The Kier molecular flexibility index (Phi) is 9.30. The van der Waals surface area contributed by atoms with Crippen molar-refractivity contribution in [2.24, 2.45) is 0 Å². The molecular formula is C22H31N3O7S2. The number of benzene rings is 2. The van der Waals surface area contributed by atoms with Crippen molar-refractivity contribution in [2.75, 3.05) is 44.9 Å². The first-order valence-corrected chi connectivity index (χ1v) is 13.8. The van der Waals surface area contributed by atoms with Gasteiger partial charge in [-0.05, 0) is 55.0 Å². The molecule has 0 bridgehead atoms. The van der Waals surface area contributed by atoms with Crippen molar-refractivity contribution in [2.45, 2.75) is 24.3 Å².